The third kappa shape index (κ3) is 3.01. The number of fused-ring (bicyclic) bond motifs is 1. The molecular formula is C21H14F3NOS. The summed E-state index contributed by atoms with van der Waals surface area (Å²) in [6, 6.07) is 20.3. The minimum atomic E-state index is -4.90. The van der Waals surface area contributed by atoms with E-state index in [4.69, 9.17) is 0 Å². The first-order valence-electron chi connectivity index (χ1n) is 8.19. The van der Waals surface area contributed by atoms with Crippen LogP contribution in [-0.4, -0.2) is 16.3 Å². The van der Waals surface area contributed by atoms with Gasteiger partial charge in [0.05, 0.1) is 5.69 Å². The highest BCUT2D eigenvalue weighted by Gasteiger charge is 2.58. The van der Waals surface area contributed by atoms with Crippen LogP contribution in [0.3, 0.4) is 0 Å². The molecule has 1 heterocycles. The average molecular weight is 385 g/mol. The number of halogens is 3. The summed E-state index contributed by atoms with van der Waals surface area (Å²) in [6.07, 6.45) is -4.90. The molecule has 0 saturated heterocycles. The monoisotopic (exact) mass is 385 g/mol. The van der Waals surface area contributed by atoms with Crippen LogP contribution in [0.2, 0.25) is 0 Å². The summed E-state index contributed by atoms with van der Waals surface area (Å²) < 4.78 is 41.4. The number of hydrogen-bond donors (Lipinski definition) is 1. The van der Waals surface area contributed by atoms with E-state index in [1.807, 2.05) is 42.5 Å². The Morgan fingerprint density at radius 1 is 0.815 bits per heavy atom. The molecule has 0 radical (unpaired) electrons. The number of alkyl halides is 3. The predicted octanol–water partition coefficient (Wildman–Crippen LogP) is 5.76. The normalized spacial score (nSPS) is 14.2. The van der Waals surface area contributed by atoms with E-state index in [1.165, 1.54) is 24.3 Å². The fourth-order valence-electron chi connectivity index (χ4n) is 3.01. The van der Waals surface area contributed by atoms with Crippen LogP contribution >= 0.6 is 11.3 Å². The molecule has 0 saturated carbocycles. The standard InChI is InChI=1S/C21H14F3NOS/c22-21(23,24)20(26,17-8-2-1-3-9-17)19-25-18(13-27-19)16-11-10-14-6-4-5-7-15(14)12-16/h1-13,26H. The van der Waals surface area contributed by atoms with Crippen LogP contribution < -0.4 is 0 Å². The molecule has 0 aliphatic carbocycles. The van der Waals surface area contributed by atoms with Gasteiger partial charge >= 0.3 is 6.18 Å². The van der Waals surface area contributed by atoms with Gasteiger partial charge in [0.15, 0.2) is 0 Å². The number of aliphatic hydroxyl groups is 1. The summed E-state index contributed by atoms with van der Waals surface area (Å²) >= 11 is 0.797. The zero-order chi connectivity index (χ0) is 19.1. The molecule has 4 rings (SSSR count). The second-order valence-corrected chi connectivity index (χ2v) is 7.03. The predicted molar refractivity (Wildman–Crippen MR) is 101 cm³/mol. The topological polar surface area (TPSA) is 33.1 Å². The first-order valence-corrected chi connectivity index (χ1v) is 9.07. The highest BCUT2D eigenvalue weighted by Crippen LogP contribution is 2.45. The molecule has 1 aromatic heterocycles. The molecule has 0 amide bonds. The lowest BCUT2D eigenvalue weighted by atomic mass is 9.93. The number of hydrogen-bond acceptors (Lipinski definition) is 3. The molecule has 0 fully saturated rings. The lowest BCUT2D eigenvalue weighted by molar-refractivity contribution is -0.248. The maximum absolute atomic E-state index is 13.8. The van der Waals surface area contributed by atoms with E-state index in [0.29, 0.717) is 11.3 Å². The highest BCUT2D eigenvalue weighted by molar-refractivity contribution is 7.10. The van der Waals surface area contributed by atoms with Gasteiger partial charge in [0, 0.05) is 10.9 Å². The molecule has 136 valence electrons. The Bertz CT molecular complexity index is 1090. The molecule has 3 aromatic carbocycles. The van der Waals surface area contributed by atoms with Gasteiger partial charge in [-0.1, -0.05) is 66.7 Å². The molecule has 4 aromatic rings. The fraction of sp³-hybridized carbons (Fsp3) is 0.0952. The number of rotatable bonds is 3. The Morgan fingerprint density at radius 3 is 2.19 bits per heavy atom. The number of thiazole rings is 1. The van der Waals surface area contributed by atoms with Gasteiger partial charge in [-0.3, -0.25) is 0 Å². The van der Waals surface area contributed by atoms with Crippen molar-refractivity contribution in [2.24, 2.45) is 0 Å². The van der Waals surface area contributed by atoms with E-state index in [0.717, 1.165) is 22.1 Å². The molecule has 0 aliphatic heterocycles. The van der Waals surface area contributed by atoms with Gasteiger partial charge in [0.25, 0.3) is 0 Å². The Morgan fingerprint density at radius 2 is 1.48 bits per heavy atom. The van der Waals surface area contributed by atoms with Gasteiger partial charge < -0.3 is 5.11 Å². The van der Waals surface area contributed by atoms with Gasteiger partial charge in [-0.2, -0.15) is 13.2 Å². The van der Waals surface area contributed by atoms with Crippen LogP contribution in [0.25, 0.3) is 22.0 Å². The van der Waals surface area contributed by atoms with Gasteiger partial charge in [0.1, 0.15) is 5.01 Å². The summed E-state index contributed by atoms with van der Waals surface area (Å²) in [6.45, 7) is 0. The molecule has 6 heteroatoms. The molecule has 27 heavy (non-hydrogen) atoms. The Labute approximate surface area is 157 Å². The largest absolute Gasteiger partial charge is 0.428 e. The third-order valence-electron chi connectivity index (χ3n) is 4.46. The molecule has 0 aliphatic rings. The van der Waals surface area contributed by atoms with Gasteiger partial charge in [-0.15, -0.1) is 11.3 Å². The van der Waals surface area contributed by atoms with E-state index in [-0.39, 0.29) is 5.56 Å². The van der Waals surface area contributed by atoms with Crippen LogP contribution in [-0.2, 0) is 5.60 Å². The van der Waals surface area contributed by atoms with Crippen LogP contribution in [0.1, 0.15) is 10.6 Å². The van der Waals surface area contributed by atoms with Crippen molar-refractivity contribution in [3.05, 3.63) is 88.7 Å². The molecule has 0 spiro atoms. The van der Waals surface area contributed by atoms with E-state index >= 15 is 0 Å². The van der Waals surface area contributed by atoms with Crippen molar-refractivity contribution in [3.8, 4) is 11.3 Å². The Hall–Kier alpha value is -2.70. The number of benzene rings is 3. The van der Waals surface area contributed by atoms with Crippen LogP contribution in [0.5, 0.6) is 0 Å². The summed E-state index contributed by atoms with van der Waals surface area (Å²) in [5.74, 6) is 0. The molecule has 1 unspecified atom stereocenters. The van der Waals surface area contributed by atoms with Crippen molar-refractivity contribution < 1.29 is 18.3 Å². The summed E-state index contributed by atoms with van der Waals surface area (Å²) in [5.41, 5.74) is -2.29. The van der Waals surface area contributed by atoms with Gasteiger partial charge in [-0.05, 0) is 22.4 Å². The van der Waals surface area contributed by atoms with Crippen molar-refractivity contribution >= 4 is 22.1 Å². The zero-order valence-corrected chi connectivity index (χ0v) is 14.8. The molecule has 0 bridgehead atoms. The van der Waals surface area contributed by atoms with E-state index < -0.39 is 16.8 Å². The van der Waals surface area contributed by atoms with Crippen LogP contribution in [0.4, 0.5) is 13.2 Å². The first kappa shape index (κ1) is 17.7. The van der Waals surface area contributed by atoms with Crippen molar-refractivity contribution in [2.75, 3.05) is 0 Å². The van der Waals surface area contributed by atoms with Crippen molar-refractivity contribution in [3.63, 3.8) is 0 Å². The van der Waals surface area contributed by atoms with Crippen molar-refractivity contribution in [1.29, 1.82) is 0 Å². The van der Waals surface area contributed by atoms with Crippen LogP contribution in [0.15, 0.2) is 78.2 Å². The zero-order valence-electron chi connectivity index (χ0n) is 13.9. The van der Waals surface area contributed by atoms with E-state index in [2.05, 4.69) is 4.98 Å². The lowest BCUT2D eigenvalue weighted by Crippen LogP contribution is -2.43. The number of aromatic nitrogens is 1. The molecule has 1 atom stereocenters. The highest BCUT2D eigenvalue weighted by atomic mass is 32.1. The molecular weight excluding hydrogens is 371 g/mol. The minimum absolute atomic E-state index is 0.253. The molecule has 1 N–H and O–H groups in total. The molecule has 2 nitrogen and oxygen atoms in total. The summed E-state index contributed by atoms with van der Waals surface area (Å²) in [5, 5.41) is 13.8. The summed E-state index contributed by atoms with van der Waals surface area (Å²) in [4.78, 5) is 4.15. The lowest BCUT2D eigenvalue weighted by Gasteiger charge is -2.28. The maximum atomic E-state index is 13.8. The first-order chi connectivity index (χ1) is 12.9. The van der Waals surface area contributed by atoms with Crippen LogP contribution in [0, 0.1) is 0 Å². The maximum Gasteiger partial charge on any atom is 0.428 e. The smallest absolute Gasteiger partial charge is 0.370 e. The average Bonchev–Trinajstić information content (AvgIpc) is 3.17. The van der Waals surface area contributed by atoms with Crippen molar-refractivity contribution in [2.45, 2.75) is 11.8 Å². The quantitative estimate of drug-likeness (QED) is 0.486. The third-order valence-corrected chi connectivity index (χ3v) is 5.41. The van der Waals surface area contributed by atoms with E-state index in [9.17, 15) is 18.3 Å². The minimum Gasteiger partial charge on any atom is -0.370 e. The fourth-order valence-corrected chi connectivity index (χ4v) is 3.98. The number of nitrogens with zero attached hydrogens (tertiary/aromatic N) is 1. The van der Waals surface area contributed by atoms with Gasteiger partial charge in [-0.25, -0.2) is 4.98 Å². The SMILES string of the molecule is OC(c1ccccc1)(c1nc(-c2ccc3ccccc3c2)cs1)C(F)(F)F. The van der Waals surface area contributed by atoms with Gasteiger partial charge in [0.2, 0.25) is 5.60 Å². The van der Waals surface area contributed by atoms with Crippen molar-refractivity contribution in [1.82, 2.24) is 4.98 Å². The summed E-state index contributed by atoms with van der Waals surface area (Å²) in [7, 11) is 0. The Balaban J connectivity index is 1.81. The van der Waals surface area contributed by atoms with E-state index in [1.54, 1.807) is 11.4 Å². The second-order valence-electron chi connectivity index (χ2n) is 6.17. The Kier molecular flexibility index (Phi) is 4.25. The second kappa shape index (κ2) is 6.48.